The topological polar surface area (TPSA) is 83.9 Å². The summed E-state index contributed by atoms with van der Waals surface area (Å²) in [7, 11) is 0. The molecule has 4 fully saturated rings. The molecule has 2 saturated carbocycles. The van der Waals surface area contributed by atoms with Gasteiger partial charge in [-0.1, -0.05) is 25.5 Å². The number of rotatable bonds is 3. The van der Waals surface area contributed by atoms with Crippen LogP contribution in [0.4, 0.5) is 0 Å². The summed E-state index contributed by atoms with van der Waals surface area (Å²) in [6.07, 6.45) is 15.6. The molecule has 1 N–H and O–H groups in total. The van der Waals surface area contributed by atoms with E-state index in [1.54, 1.807) is 0 Å². The molecule has 7 atom stereocenters. The fraction of sp³-hybridized carbons (Fsp3) is 0.600. The van der Waals surface area contributed by atoms with Crippen LogP contribution in [0, 0.1) is 17.8 Å². The van der Waals surface area contributed by atoms with Gasteiger partial charge in [-0.05, 0) is 87.7 Å². The molecular formula is C30H37N5O2. The van der Waals surface area contributed by atoms with E-state index in [1.165, 1.54) is 63.8 Å². The van der Waals surface area contributed by atoms with Crippen LogP contribution in [0.3, 0.4) is 0 Å². The lowest BCUT2D eigenvalue weighted by Gasteiger charge is -2.55. The molecule has 4 heterocycles. The number of fused-ring (bicyclic) bond motifs is 5. The normalized spacial score (nSPS) is 33.9. The largest absolute Gasteiger partial charge is 0.326 e. The molecule has 3 unspecified atom stereocenters. The Morgan fingerprint density at radius 3 is 2.30 bits per heavy atom. The van der Waals surface area contributed by atoms with Crippen molar-refractivity contribution in [2.24, 2.45) is 17.8 Å². The summed E-state index contributed by atoms with van der Waals surface area (Å²) in [5.74, 6) is 2.71. The number of H-pyrrole nitrogens is 1. The van der Waals surface area contributed by atoms with Crippen molar-refractivity contribution in [2.75, 3.05) is 0 Å². The second-order valence-corrected chi connectivity index (χ2v) is 12.4. The zero-order valence-corrected chi connectivity index (χ0v) is 21.7. The molecule has 0 spiro atoms. The van der Waals surface area contributed by atoms with Crippen molar-refractivity contribution in [3.05, 3.63) is 57.4 Å². The van der Waals surface area contributed by atoms with E-state index in [0.717, 1.165) is 47.7 Å². The molecule has 2 aliphatic carbocycles. The van der Waals surface area contributed by atoms with Crippen molar-refractivity contribution in [1.29, 1.82) is 0 Å². The first-order valence-corrected chi connectivity index (χ1v) is 14.4. The smallest absolute Gasteiger partial charge is 0.279 e. The maximum atomic E-state index is 14.0. The Hall–Kier alpha value is -2.80. The van der Waals surface area contributed by atoms with Crippen LogP contribution < -0.4 is 11.1 Å². The number of benzene rings is 1. The standard InChI is InChI=1S/C30H37N5O2/c1-18-9-19-11-20(10-18)13-23(12-19)34-21-5-4-6-22(34)15-24(14-21)35-27-8-3-2-7-25(27)33-29(30(35)37)26-16-32-28(36)17-31-26/h2-3,7-8,16-24H,4-6,9-15H2,1H3,(H,32,36)/t18?,19-,20+,21-,22+,23?,24?. The van der Waals surface area contributed by atoms with Gasteiger partial charge in [0.1, 0.15) is 5.69 Å². The monoisotopic (exact) mass is 499 g/mol. The minimum Gasteiger partial charge on any atom is -0.326 e. The summed E-state index contributed by atoms with van der Waals surface area (Å²) in [4.78, 5) is 40.1. The Labute approximate surface area is 217 Å². The number of hydrogen-bond acceptors (Lipinski definition) is 5. The zero-order valence-electron chi connectivity index (χ0n) is 21.7. The summed E-state index contributed by atoms with van der Waals surface area (Å²) < 4.78 is 2.02. The van der Waals surface area contributed by atoms with E-state index >= 15 is 0 Å². The second-order valence-electron chi connectivity index (χ2n) is 12.4. The van der Waals surface area contributed by atoms with Gasteiger partial charge in [0.25, 0.3) is 11.1 Å². The molecule has 0 amide bonds. The van der Waals surface area contributed by atoms with Gasteiger partial charge in [0.2, 0.25) is 0 Å². The van der Waals surface area contributed by atoms with Gasteiger partial charge in [-0.15, -0.1) is 0 Å². The van der Waals surface area contributed by atoms with Crippen LogP contribution in [-0.2, 0) is 0 Å². The third kappa shape index (κ3) is 4.15. The number of para-hydroxylation sites is 2. The Morgan fingerprint density at radius 2 is 1.59 bits per heavy atom. The van der Waals surface area contributed by atoms with Gasteiger partial charge in [0.05, 0.1) is 17.2 Å². The molecule has 7 heteroatoms. The first-order valence-electron chi connectivity index (χ1n) is 14.4. The van der Waals surface area contributed by atoms with Gasteiger partial charge >= 0.3 is 0 Å². The molecule has 1 aromatic carbocycles. The average Bonchev–Trinajstić information content (AvgIpc) is 2.87. The van der Waals surface area contributed by atoms with Gasteiger partial charge in [0.15, 0.2) is 5.69 Å². The number of piperidine rings is 2. The van der Waals surface area contributed by atoms with Crippen LogP contribution in [0.15, 0.2) is 46.2 Å². The maximum absolute atomic E-state index is 14.0. The molecule has 194 valence electrons. The highest BCUT2D eigenvalue weighted by Gasteiger charge is 2.46. The summed E-state index contributed by atoms with van der Waals surface area (Å²) >= 11 is 0. The lowest BCUT2D eigenvalue weighted by Crippen LogP contribution is -2.58. The fourth-order valence-electron chi connectivity index (χ4n) is 8.74. The molecule has 7 rings (SSSR count). The van der Waals surface area contributed by atoms with Gasteiger partial charge in [-0.2, -0.15) is 0 Å². The molecule has 3 aromatic rings. The van der Waals surface area contributed by atoms with E-state index in [0.29, 0.717) is 23.5 Å². The lowest BCUT2D eigenvalue weighted by atomic mass is 9.65. The summed E-state index contributed by atoms with van der Waals surface area (Å²) in [6.45, 7) is 2.45. The molecule has 2 aromatic heterocycles. The Bertz CT molecular complexity index is 1380. The highest BCUT2D eigenvalue weighted by atomic mass is 16.1. The van der Waals surface area contributed by atoms with Crippen molar-refractivity contribution >= 4 is 11.0 Å². The van der Waals surface area contributed by atoms with Crippen molar-refractivity contribution in [3.8, 4) is 11.4 Å². The third-order valence-electron chi connectivity index (χ3n) is 9.85. The SMILES string of the molecule is CC1C[C@@H]2CC(N3[C@@H]4CCC[C@H]3CC(n3c(=O)c(-c5c[nH]c(=O)cn5)nc5ccccc53)C4)C[C@H](C1)C2. The van der Waals surface area contributed by atoms with Crippen LogP contribution in [-0.4, -0.2) is 42.5 Å². The third-order valence-corrected chi connectivity index (χ3v) is 9.85. The van der Waals surface area contributed by atoms with Gasteiger partial charge < -0.3 is 9.55 Å². The lowest BCUT2D eigenvalue weighted by molar-refractivity contribution is -0.0524. The van der Waals surface area contributed by atoms with E-state index in [1.807, 2.05) is 28.8 Å². The number of nitrogens with zero attached hydrogens (tertiary/aromatic N) is 4. The molecule has 2 aliphatic heterocycles. The molecule has 4 bridgehead atoms. The van der Waals surface area contributed by atoms with E-state index in [9.17, 15) is 9.59 Å². The van der Waals surface area contributed by atoms with Gasteiger partial charge in [0, 0.05) is 30.4 Å². The molecule has 4 aliphatic rings. The maximum Gasteiger partial charge on any atom is 0.279 e. The van der Waals surface area contributed by atoms with Crippen molar-refractivity contribution in [2.45, 2.75) is 95.3 Å². The molecular weight excluding hydrogens is 462 g/mol. The highest BCUT2D eigenvalue weighted by molar-refractivity contribution is 5.77. The number of nitrogens with one attached hydrogen (secondary N) is 1. The van der Waals surface area contributed by atoms with Crippen LogP contribution in [0.1, 0.15) is 77.2 Å². The van der Waals surface area contributed by atoms with Crippen LogP contribution >= 0.6 is 0 Å². The molecule has 7 nitrogen and oxygen atoms in total. The van der Waals surface area contributed by atoms with Crippen molar-refractivity contribution < 1.29 is 0 Å². The first kappa shape index (κ1) is 23.3. The average molecular weight is 500 g/mol. The highest BCUT2D eigenvalue weighted by Crippen LogP contribution is 2.48. The van der Waals surface area contributed by atoms with Crippen LogP contribution in [0.2, 0.25) is 0 Å². The number of aromatic amines is 1. The van der Waals surface area contributed by atoms with E-state index in [2.05, 4.69) is 21.8 Å². The zero-order chi connectivity index (χ0) is 25.1. The van der Waals surface area contributed by atoms with Gasteiger partial charge in [-0.25, -0.2) is 9.97 Å². The Balaban J connectivity index is 1.24. The number of hydrogen-bond donors (Lipinski definition) is 1. The van der Waals surface area contributed by atoms with E-state index in [4.69, 9.17) is 4.98 Å². The fourth-order valence-corrected chi connectivity index (χ4v) is 8.74. The van der Waals surface area contributed by atoms with E-state index in [-0.39, 0.29) is 17.2 Å². The Morgan fingerprint density at radius 1 is 0.865 bits per heavy atom. The second kappa shape index (κ2) is 9.19. The Kier molecular flexibility index (Phi) is 5.79. The quantitative estimate of drug-likeness (QED) is 0.553. The summed E-state index contributed by atoms with van der Waals surface area (Å²) in [5.41, 5.74) is 2.05. The van der Waals surface area contributed by atoms with E-state index < -0.39 is 0 Å². The molecule has 2 saturated heterocycles. The summed E-state index contributed by atoms with van der Waals surface area (Å²) in [5, 5.41) is 0. The van der Waals surface area contributed by atoms with Crippen LogP contribution in [0.5, 0.6) is 0 Å². The minimum absolute atomic E-state index is 0.101. The summed E-state index contributed by atoms with van der Waals surface area (Å²) in [6, 6.07) is 9.93. The minimum atomic E-state index is -0.286. The molecule has 37 heavy (non-hydrogen) atoms. The number of aromatic nitrogens is 4. The predicted octanol–water partition coefficient (Wildman–Crippen LogP) is 4.92. The van der Waals surface area contributed by atoms with Crippen LogP contribution in [0.25, 0.3) is 22.4 Å². The van der Waals surface area contributed by atoms with Gasteiger partial charge in [-0.3, -0.25) is 14.5 Å². The first-order chi connectivity index (χ1) is 18.0. The predicted molar refractivity (Wildman–Crippen MR) is 144 cm³/mol. The van der Waals surface area contributed by atoms with Crippen molar-refractivity contribution in [3.63, 3.8) is 0 Å². The van der Waals surface area contributed by atoms with Crippen molar-refractivity contribution in [1.82, 2.24) is 24.4 Å². The molecule has 0 radical (unpaired) electrons.